The number of hydrogen-bond acceptors (Lipinski definition) is 9. The molecule has 1 N–H and O–H groups in total. The van der Waals surface area contributed by atoms with Gasteiger partial charge in [-0.3, -0.25) is 0 Å². The van der Waals surface area contributed by atoms with E-state index in [2.05, 4.69) is 301 Å². The van der Waals surface area contributed by atoms with Gasteiger partial charge in [0.25, 0.3) is 20.1 Å². The number of nitrogens with zero attached hydrogens (tertiary/aromatic N) is 4. The predicted octanol–water partition coefficient (Wildman–Crippen LogP) is 12.5. The van der Waals surface area contributed by atoms with E-state index in [-0.39, 0.29) is 33.9 Å². The summed E-state index contributed by atoms with van der Waals surface area (Å²) >= 11 is 0. The molecule has 19 aliphatic rings. The van der Waals surface area contributed by atoms with Crippen LogP contribution >= 0.6 is 12.7 Å². The molecular weight excluding hydrogens is 1580 g/mol. The van der Waals surface area contributed by atoms with Gasteiger partial charge in [0.05, 0.1) is 33.1 Å². The molecule has 13 nitrogen and oxygen atoms in total. The molecule has 20 aromatic rings. The van der Waals surface area contributed by atoms with Crippen LogP contribution < -0.4 is 114 Å². The van der Waals surface area contributed by atoms with Gasteiger partial charge in [0.15, 0.2) is 0 Å². The van der Waals surface area contributed by atoms with Crippen molar-refractivity contribution in [2.45, 2.75) is 20.8 Å². The third-order valence-corrected chi connectivity index (χ3v) is 52.9. The van der Waals surface area contributed by atoms with E-state index in [1.165, 1.54) is 177 Å². The van der Waals surface area contributed by atoms with Gasteiger partial charge in [-0.25, -0.2) is 0 Å². The van der Waals surface area contributed by atoms with Gasteiger partial charge in [0, 0.05) is 65.8 Å². The molecule has 2 bridgehead atoms. The molecule has 126 heavy (non-hydrogen) atoms. The average molecular weight is 1640 g/mol. The molecule has 7 saturated heterocycles. The maximum atomic E-state index is 6.64. The number of benzene rings is 16. The summed E-state index contributed by atoms with van der Waals surface area (Å²) in [6.45, 7) is 10.3. The Kier molecular flexibility index (Phi) is 10.7. The van der Waals surface area contributed by atoms with Gasteiger partial charge in [-0.2, -0.15) is 0 Å². The van der Waals surface area contributed by atoms with Crippen LogP contribution in [0.1, 0.15) is 16.7 Å². The molecule has 0 atom stereocenters. The number of para-hydroxylation sites is 3. The summed E-state index contributed by atoms with van der Waals surface area (Å²) in [5.41, 5.74) is 33.7. The number of rotatable bonds is 3. The normalized spacial score (nSPS) is 18.2. The molecule has 7 fully saturated rings. The molecule has 0 unspecified atom stereocenters. The maximum absolute atomic E-state index is 6.64. The van der Waals surface area contributed by atoms with Crippen molar-refractivity contribution < 1.29 is 37.9 Å². The van der Waals surface area contributed by atoms with Crippen LogP contribution in [-0.4, -0.2) is 97.0 Å². The van der Waals surface area contributed by atoms with Gasteiger partial charge in [-0.05, 0) is 179 Å². The zero-order valence-corrected chi connectivity index (χ0v) is 70.4. The van der Waals surface area contributed by atoms with Crippen molar-refractivity contribution in [3.63, 3.8) is 0 Å². The molecule has 1 spiro atoms. The van der Waals surface area contributed by atoms with Crippen LogP contribution in [0.25, 0.3) is 110 Å². The second kappa shape index (κ2) is 20.6. The first-order valence-corrected chi connectivity index (χ1v) is 50.6. The quantitative estimate of drug-likeness (QED) is 0.137. The molecule has 4 aromatic heterocycles. The summed E-state index contributed by atoms with van der Waals surface area (Å²) in [6.07, 6.45) is 2.45. The fourth-order valence-corrected chi connectivity index (χ4v) is 54.9. The van der Waals surface area contributed by atoms with Crippen molar-refractivity contribution in [1.29, 1.82) is 0 Å². The Balaban J connectivity index is 0.0000000760. The number of ether oxygens (including phenoxy) is 8. The molecule has 0 amide bonds. The van der Waals surface area contributed by atoms with Gasteiger partial charge < -0.3 is 42.1 Å². The van der Waals surface area contributed by atoms with Crippen molar-refractivity contribution in [3.05, 3.63) is 284 Å². The summed E-state index contributed by atoms with van der Waals surface area (Å²) in [6, 6.07) is 95.6. The van der Waals surface area contributed by atoms with Crippen LogP contribution in [0.5, 0.6) is 92.0 Å². The fourth-order valence-electron chi connectivity index (χ4n) is 29.7. The molecule has 39 rings (SSSR count). The van der Waals surface area contributed by atoms with E-state index in [0.717, 1.165) is 133 Å². The Morgan fingerprint density at radius 1 is 0.286 bits per heavy atom. The molecule has 0 aliphatic carbocycles. The predicted molar refractivity (Wildman–Crippen MR) is 531 cm³/mol. The van der Waals surface area contributed by atoms with Crippen molar-refractivity contribution in [3.8, 4) is 115 Å². The van der Waals surface area contributed by atoms with Crippen LogP contribution in [0.4, 0.5) is 0 Å². The monoisotopic (exact) mass is 1640 g/mol. The molecule has 16 aromatic carbocycles. The number of aromatic nitrogens is 4. The van der Waals surface area contributed by atoms with Gasteiger partial charge in [0.2, 0.25) is 0 Å². The standard InChI is InChI=1S/3C25H14BNO2.C24H16B9N2O2P2/c1-13-12-15-14-6-2-3-7-16(14)27-17-8-4-9-18-21(17)26-22-19(28-18)10-5-11-20(22)29-25(13)23(26)24(15)27;1-13-12-20-24-25-21(13)14-6-2-3-7-15(14)27(25)16-8-4-9-17-22(16)26(24)23-18(28-17)10-5-11-19(23)29-20;1-13-9-11-20-23-25(13)29-19-12-10-15-14-5-2-3-6-16(14)27-17-7-4-8-18(28-20)21(17)26(23)22(19)24(15)27;1-5-14-21-15(6-1)36-16-7-3-8-17-22(16)28(21)23-18(37-17)11-10-12-20-13(35(14)24(12)23)4-2-9-19(20)38(29-25-30(38)33(29)38)34-39-26-31(39)32(39)27-39/h3*2-12H,1H3;1-11,34H,25-26H2/q;;;-2. The van der Waals surface area contributed by atoms with Gasteiger partial charge >= 0.3 is 229 Å². The third kappa shape index (κ3) is 6.86. The first-order valence-electron chi connectivity index (χ1n) is 45.2. The zero-order chi connectivity index (χ0) is 81.0. The Hall–Kier alpha value is -13.3. The molecule has 1 radical (unpaired) electrons. The molecule has 19 aliphatic heterocycles. The second-order valence-corrected chi connectivity index (χ2v) is 51.7. The first kappa shape index (κ1) is 65.4. The van der Waals surface area contributed by atoms with Crippen LogP contribution in [0, 0.1) is 20.8 Å². The second-order valence-electron chi connectivity index (χ2n) is 39.6. The van der Waals surface area contributed by atoms with Crippen LogP contribution in [0.2, 0.25) is 0 Å². The van der Waals surface area contributed by atoms with Crippen molar-refractivity contribution in [2.24, 2.45) is 0 Å². The molecular formula is C99H58B12N5O8P2-2. The average Bonchev–Trinajstić information content (AvgIpc) is 1.33. The summed E-state index contributed by atoms with van der Waals surface area (Å²) < 4.78 is 61.6. The van der Waals surface area contributed by atoms with Gasteiger partial charge in [-0.15, -0.1) is 0 Å². The summed E-state index contributed by atoms with van der Waals surface area (Å²) in [5.74, 6) is 15.1. The van der Waals surface area contributed by atoms with Gasteiger partial charge in [0.1, 0.15) is 69.0 Å². The minimum atomic E-state index is -1.90. The van der Waals surface area contributed by atoms with Crippen molar-refractivity contribution >= 4 is 250 Å². The summed E-state index contributed by atoms with van der Waals surface area (Å²) in [7, 11) is 0.285. The van der Waals surface area contributed by atoms with Crippen LogP contribution in [0.15, 0.2) is 267 Å². The number of hydrogen-bond donors (Lipinski definition) is 1. The van der Waals surface area contributed by atoms with E-state index in [4.69, 9.17) is 42.8 Å². The summed E-state index contributed by atoms with van der Waals surface area (Å²) in [4.78, 5) is 4.85. The fraction of sp³-hybridized carbons (Fsp3) is 0.0303. The number of nitrogens with one attached hydrogen (secondary N) is 1. The van der Waals surface area contributed by atoms with E-state index in [1.807, 2.05) is 12.1 Å². The van der Waals surface area contributed by atoms with Crippen LogP contribution in [0.3, 0.4) is 0 Å². The molecule has 23 heterocycles. The Labute approximate surface area is 724 Å². The van der Waals surface area contributed by atoms with E-state index >= 15 is 0 Å². The minimum absolute atomic E-state index is 0.143. The molecule has 0 saturated carbocycles. The SMILES string of the molecule is Cc1cc2c3c4c1c1ccccc1n4-c1cccc4c1B3c1c(cccc1O2)O4.Cc1cc2c3ccccc3n3c2c2c1Oc1cccc4c1B2c1c(cccc1-3)O4.Cc1ccc2c3c1Oc1ccc4c5ccccc5n5c4c1B3c1c(cccc1-5)O2.[B]1B2B3[BH2-]P123NP12(c3cccc4c3c3ccc5c6c3n4-c3cccc4c3B6c3c(cccc3O5)O4)B3[BH2-]B1B32. The van der Waals surface area contributed by atoms with Crippen molar-refractivity contribution in [1.82, 2.24) is 23.1 Å². The van der Waals surface area contributed by atoms with Crippen LogP contribution in [-0.2, 0) is 0 Å². The zero-order valence-electron chi connectivity index (χ0n) is 68.6. The third-order valence-electron chi connectivity index (χ3n) is 35.0. The first-order chi connectivity index (χ1) is 62.1. The summed E-state index contributed by atoms with van der Waals surface area (Å²) in [5, 5.41) is 12.6. The Morgan fingerprint density at radius 2 is 0.667 bits per heavy atom. The van der Waals surface area contributed by atoms with E-state index in [1.54, 1.807) is 10.7 Å². The van der Waals surface area contributed by atoms with E-state index in [9.17, 15) is 0 Å². The Bertz CT molecular complexity index is 9020. The van der Waals surface area contributed by atoms with E-state index in [0.29, 0.717) is 6.89 Å². The van der Waals surface area contributed by atoms with E-state index < -0.39 is 12.7 Å². The Morgan fingerprint density at radius 3 is 1.19 bits per heavy atom. The van der Waals surface area contributed by atoms with Crippen molar-refractivity contribution in [2.75, 3.05) is 0 Å². The topological polar surface area (TPSA) is 106 Å². The number of aryl methyl sites for hydroxylation is 3. The number of fused-ring (bicyclic) bond motifs is 17. The molecule has 575 valence electrons. The van der Waals surface area contributed by atoms with Gasteiger partial charge in [-0.1, -0.05) is 91.0 Å². The molecule has 27 heteroatoms.